The number of esters is 2. The van der Waals surface area contributed by atoms with Crippen molar-refractivity contribution in [2.75, 3.05) is 0 Å². The maximum atomic E-state index is 11.1. The van der Waals surface area contributed by atoms with Gasteiger partial charge in [0.25, 0.3) is 0 Å². The first-order valence-electron chi connectivity index (χ1n) is 5.40. The number of aliphatic hydroxyl groups excluding tert-OH is 1. The van der Waals surface area contributed by atoms with Crippen molar-refractivity contribution in [2.24, 2.45) is 0 Å². The topological polar surface area (TPSA) is 72.8 Å². The van der Waals surface area contributed by atoms with Gasteiger partial charge in [0.05, 0.1) is 0 Å². The standard InChI is InChI=1S/C13H12O5/c1-8(14)17-12(9-5-3-2-4-6-9)10-7-11(15)18-13(10)16/h2-7,12-13,16H,1H3. The van der Waals surface area contributed by atoms with Crippen LogP contribution in [0, 0.1) is 0 Å². The summed E-state index contributed by atoms with van der Waals surface area (Å²) in [5.74, 6) is -1.15. The van der Waals surface area contributed by atoms with Crippen molar-refractivity contribution in [3.05, 3.63) is 47.5 Å². The van der Waals surface area contributed by atoms with Gasteiger partial charge in [0.2, 0.25) is 6.29 Å². The minimum atomic E-state index is -1.37. The molecule has 1 N–H and O–H groups in total. The Bertz CT molecular complexity index is 491. The van der Waals surface area contributed by atoms with Crippen LogP contribution in [0.5, 0.6) is 0 Å². The van der Waals surface area contributed by atoms with Crippen LogP contribution >= 0.6 is 0 Å². The van der Waals surface area contributed by atoms with Gasteiger partial charge in [-0.25, -0.2) is 4.79 Å². The molecule has 18 heavy (non-hydrogen) atoms. The molecular formula is C13H12O5. The SMILES string of the molecule is CC(=O)OC(C1=CC(=O)OC1O)c1ccccc1. The number of carbonyl (C=O) groups excluding carboxylic acids is 2. The maximum Gasteiger partial charge on any atom is 0.333 e. The first-order valence-corrected chi connectivity index (χ1v) is 5.40. The second-order valence-corrected chi connectivity index (χ2v) is 3.83. The van der Waals surface area contributed by atoms with Gasteiger partial charge < -0.3 is 14.6 Å². The summed E-state index contributed by atoms with van der Waals surface area (Å²) in [6, 6.07) is 8.84. The van der Waals surface area contributed by atoms with E-state index in [-0.39, 0.29) is 5.57 Å². The van der Waals surface area contributed by atoms with E-state index < -0.39 is 24.3 Å². The van der Waals surface area contributed by atoms with Crippen molar-refractivity contribution in [1.82, 2.24) is 0 Å². The zero-order valence-electron chi connectivity index (χ0n) is 9.70. The Morgan fingerprint density at radius 2 is 2.06 bits per heavy atom. The van der Waals surface area contributed by atoms with Crippen LogP contribution in [0.3, 0.4) is 0 Å². The molecule has 0 amide bonds. The van der Waals surface area contributed by atoms with E-state index in [1.54, 1.807) is 24.3 Å². The van der Waals surface area contributed by atoms with E-state index in [0.29, 0.717) is 5.56 Å². The number of hydrogen-bond acceptors (Lipinski definition) is 5. The molecule has 5 nitrogen and oxygen atoms in total. The Morgan fingerprint density at radius 3 is 2.56 bits per heavy atom. The van der Waals surface area contributed by atoms with Crippen molar-refractivity contribution >= 4 is 11.9 Å². The second-order valence-electron chi connectivity index (χ2n) is 3.83. The zero-order chi connectivity index (χ0) is 13.1. The van der Waals surface area contributed by atoms with Crippen LogP contribution in [0.25, 0.3) is 0 Å². The van der Waals surface area contributed by atoms with Gasteiger partial charge in [0.15, 0.2) is 6.10 Å². The highest BCUT2D eigenvalue weighted by Gasteiger charge is 2.33. The molecule has 94 valence electrons. The third-order valence-electron chi connectivity index (χ3n) is 2.49. The Labute approximate surface area is 104 Å². The first-order chi connectivity index (χ1) is 8.58. The molecule has 0 spiro atoms. The van der Waals surface area contributed by atoms with E-state index in [1.807, 2.05) is 6.07 Å². The quantitative estimate of drug-likeness (QED) is 0.811. The average molecular weight is 248 g/mol. The number of aliphatic hydroxyl groups is 1. The highest BCUT2D eigenvalue weighted by Crippen LogP contribution is 2.31. The Hall–Kier alpha value is -2.14. The van der Waals surface area contributed by atoms with Crippen molar-refractivity contribution in [1.29, 1.82) is 0 Å². The van der Waals surface area contributed by atoms with Crippen molar-refractivity contribution < 1.29 is 24.2 Å². The van der Waals surface area contributed by atoms with Gasteiger partial charge in [0, 0.05) is 18.6 Å². The predicted molar refractivity (Wildman–Crippen MR) is 61.1 cm³/mol. The molecule has 0 saturated carbocycles. The number of ether oxygens (including phenoxy) is 2. The highest BCUT2D eigenvalue weighted by atomic mass is 16.6. The summed E-state index contributed by atoms with van der Waals surface area (Å²) in [5.41, 5.74) is 0.887. The highest BCUT2D eigenvalue weighted by molar-refractivity contribution is 5.86. The lowest BCUT2D eigenvalue weighted by atomic mass is 10.0. The normalized spacial score (nSPS) is 20.0. The molecular weight excluding hydrogens is 236 g/mol. The van der Waals surface area contributed by atoms with Gasteiger partial charge in [-0.1, -0.05) is 30.3 Å². The second kappa shape index (κ2) is 5.01. The van der Waals surface area contributed by atoms with Gasteiger partial charge in [-0.15, -0.1) is 0 Å². The molecule has 1 heterocycles. The fourth-order valence-corrected chi connectivity index (χ4v) is 1.75. The summed E-state index contributed by atoms with van der Waals surface area (Å²) in [6.07, 6.45) is -1.04. The molecule has 2 atom stereocenters. The molecule has 0 bridgehead atoms. The van der Waals surface area contributed by atoms with Crippen LogP contribution in [-0.2, 0) is 19.1 Å². The van der Waals surface area contributed by atoms with Crippen LogP contribution in [0.1, 0.15) is 18.6 Å². The van der Waals surface area contributed by atoms with Crippen molar-refractivity contribution in [2.45, 2.75) is 19.3 Å². The average Bonchev–Trinajstić information content (AvgIpc) is 2.66. The van der Waals surface area contributed by atoms with Crippen molar-refractivity contribution in [3.8, 4) is 0 Å². The molecule has 5 heteroatoms. The number of rotatable bonds is 3. The molecule has 0 saturated heterocycles. The smallest absolute Gasteiger partial charge is 0.333 e. The summed E-state index contributed by atoms with van der Waals surface area (Å²) in [7, 11) is 0. The Morgan fingerprint density at radius 1 is 1.39 bits per heavy atom. The predicted octanol–water partition coefficient (Wildman–Crippen LogP) is 1.09. The van der Waals surface area contributed by atoms with E-state index in [2.05, 4.69) is 4.74 Å². The van der Waals surface area contributed by atoms with Crippen LogP contribution < -0.4 is 0 Å². The van der Waals surface area contributed by atoms with Gasteiger partial charge in [-0.05, 0) is 5.56 Å². The summed E-state index contributed by atoms with van der Waals surface area (Å²) < 4.78 is 9.73. The lowest BCUT2D eigenvalue weighted by Gasteiger charge is -2.20. The minimum absolute atomic E-state index is 0.224. The summed E-state index contributed by atoms with van der Waals surface area (Å²) in [4.78, 5) is 22.2. The van der Waals surface area contributed by atoms with E-state index in [9.17, 15) is 14.7 Å². The molecule has 0 fully saturated rings. The van der Waals surface area contributed by atoms with E-state index in [4.69, 9.17) is 4.74 Å². The monoisotopic (exact) mass is 248 g/mol. The number of benzene rings is 1. The molecule has 1 aliphatic heterocycles. The fraction of sp³-hybridized carbons (Fsp3) is 0.231. The van der Waals surface area contributed by atoms with E-state index in [0.717, 1.165) is 6.08 Å². The van der Waals surface area contributed by atoms with Crippen LogP contribution in [0.4, 0.5) is 0 Å². The van der Waals surface area contributed by atoms with Crippen molar-refractivity contribution in [3.63, 3.8) is 0 Å². The van der Waals surface area contributed by atoms with E-state index in [1.165, 1.54) is 6.92 Å². The maximum absolute atomic E-state index is 11.1. The summed E-state index contributed by atoms with van der Waals surface area (Å²) in [5, 5.41) is 9.60. The molecule has 2 unspecified atom stereocenters. The summed E-state index contributed by atoms with van der Waals surface area (Å²) >= 11 is 0. The Kier molecular flexibility index (Phi) is 3.43. The van der Waals surface area contributed by atoms with Crippen LogP contribution in [0.2, 0.25) is 0 Å². The van der Waals surface area contributed by atoms with Crippen LogP contribution in [0.15, 0.2) is 42.0 Å². The number of hydrogen-bond donors (Lipinski definition) is 1. The molecule has 0 radical (unpaired) electrons. The molecule has 0 aliphatic carbocycles. The summed E-state index contributed by atoms with van der Waals surface area (Å²) in [6.45, 7) is 1.26. The third-order valence-corrected chi connectivity index (χ3v) is 2.49. The first kappa shape index (κ1) is 12.3. The largest absolute Gasteiger partial charge is 0.453 e. The minimum Gasteiger partial charge on any atom is -0.453 e. The van der Waals surface area contributed by atoms with Gasteiger partial charge in [-0.3, -0.25) is 4.79 Å². The molecule has 0 aromatic heterocycles. The fourth-order valence-electron chi connectivity index (χ4n) is 1.75. The number of carbonyl (C=O) groups is 2. The zero-order valence-corrected chi connectivity index (χ0v) is 9.70. The van der Waals surface area contributed by atoms with Crippen LogP contribution in [-0.4, -0.2) is 23.3 Å². The number of cyclic esters (lactones) is 1. The van der Waals surface area contributed by atoms with Gasteiger partial charge in [-0.2, -0.15) is 0 Å². The third kappa shape index (κ3) is 2.57. The molecule has 2 rings (SSSR count). The molecule has 1 aliphatic rings. The lowest BCUT2D eigenvalue weighted by Crippen LogP contribution is -2.19. The Balaban J connectivity index is 2.35. The molecule has 1 aromatic carbocycles. The van der Waals surface area contributed by atoms with Gasteiger partial charge >= 0.3 is 11.9 Å². The lowest BCUT2D eigenvalue weighted by molar-refractivity contribution is -0.154. The van der Waals surface area contributed by atoms with Gasteiger partial charge in [0.1, 0.15) is 0 Å². The molecule has 1 aromatic rings. The van der Waals surface area contributed by atoms with E-state index >= 15 is 0 Å².